The predicted molar refractivity (Wildman–Crippen MR) is 52.6 cm³/mol. The van der Waals surface area contributed by atoms with Gasteiger partial charge in [0, 0.05) is 6.42 Å². The molecule has 0 bridgehead atoms. The molecule has 1 unspecified atom stereocenters. The first-order valence-corrected chi connectivity index (χ1v) is 4.58. The molecule has 3 heteroatoms. The van der Waals surface area contributed by atoms with Crippen molar-refractivity contribution >= 4 is 5.91 Å². The maximum atomic E-state index is 11.2. The highest BCUT2D eigenvalue weighted by molar-refractivity contribution is 5.80. The number of nitrogens with two attached hydrogens (primary N) is 1. The zero-order chi connectivity index (χ0) is 9.84. The van der Waals surface area contributed by atoms with E-state index in [1.54, 1.807) is 0 Å². The minimum atomic E-state index is -0.0197. The molecule has 0 fully saturated rings. The quantitative estimate of drug-likeness (QED) is 0.597. The van der Waals surface area contributed by atoms with Crippen LogP contribution in [0.4, 0.5) is 0 Å². The van der Waals surface area contributed by atoms with Gasteiger partial charge in [-0.3, -0.25) is 4.79 Å². The maximum absolute atomic E-state index is 11.2. The molecule has 0 saturated carbocycles. The summed E-state index contributed by atoms with van der Waals surface area (Å²) >= 11 is 0. The van der Waals surface area contributed by atoms with Crippen molar-refractivity contribution in [2.45, 2.75) is 26.7 Å². The van der Waals surface area contributed by atoms with Crippen molar-refractivity contribution in [1.82, 2.24) is 5.32 Å². The Bertz CT molecular complexity index is 266. The molecule has 1 heterocycles. The van der Waals surface area contributed by atoms with Gasteiger partial charge in [-0.1, -0.05) is 25.5 Å². The van der Waals surface area contributed by atoms with Crippen LogP contribution in [-0.4, -0.2) is 5.91 Å². The highest BCUT2D eigenvalue weighted by Gasteiger charge is 2.10. The summed E-state index contributed by atoms with van der Waals surface area (Å²) in [6.07, 6.45) is 5.35. The van der Waals surface area contributed by atoms with Crippen molar-refractivity contribution in [2.24, 2.45) is 11.7 Å². The lowest BCUT2D eigenvalue weighted by molar-refractivity contribution is -0.119. The fraction of sp³-hybridized carbons (Fsp3) is 0.500. The lowest BCUT2D eigenvalue weighted by Gasteiger charge is -2.13. The van der Waals surface area contributed by atoms with Gasteiger partial charge in [0.1, 0.15) is 0 Å². The van der Waals surface area contributed by atoms with Crippen LogP contribution in [0.1, 0.15) is 26.7 Å². The number of hydrogen-bond donors (Lipinski definition) is 2. The first-order valence-electron chi connectivity index (χ1n) is 4.58. The van der Waals surface area contributed by atoms with Gasteiger partial charge in [0.05, 0.1) is 5.82 Å². The lowest BCUT2D eigenvalue weighted by Crippen LogP contribution is -2.29. The molecular formula is C10H16N2O. The van der Waals surface area contributed by atoms with E-state index < -0.39 is 0 Å². The topological polar surface area (TPSA) is 55.1 Å². The maximum Gasteiger partial charge on any atom is 0.229 e. The summed E-state index contributed by atoms with van der Waals surface area (Å²) in [6.45, 7) is 4.11. The van der Waals surface area contributed by atoms with Crippen LogP contribution in [0.3, 0.4) is 0 Å². The van der Waals surface area contributed by atoms with E-state index in [9.17, 15) is 4.79 Å². The molecule has 0 aromatic heterocycles. The molecule has 72 valence electrons. The molecule has 13 heavy (non-hydrogen) atoms. The van der Waals surface area contributed by atoms with Crippen LogP contribution in [0.25, 0.3) is 0 Å². The fourth-order valence-corrected chi connectivity index (χ4v) is 1.46. The van der Waals surface area contributed by atoms with Gasteiger partial charge in [-0.05, 0) is 18.4 Å². The van der Waals surface area contributed by atoms with Crippen molar-refractivity contribution in [3.8, 4) is 0 Å². The van der Waals surface area contributed by atoms with Crippen molar-refractivity contribution in [1.29, 1.82) is 0 Å². The average Bonchev–Trinajstić information content (AvgIpc) is 1.99. The van der Waals surface area contributed by atoms with Gasteiger partial charge in [-0.25, -0.2) is 0 Å². The SMILES string of the molecule is CC/C1=C/C(C)/C=C(/N)NC(=O)C1. The molecule has 3 N–H and O–H groups in total. The molecule has 0 spiro atoms. The Morgan fingerprint density at radius 3 is 2.92 bits per heavy atom. The minimum Gasteiger partial charge on any atom is -0.385 e. The zero-order valence-electron chi connectivity index (χ0n) is 8.13. The van der Waals surface area contributed by atoms with Crippen LogP contribution >= 0.6 is 0 Å². The van der Waals surface area contributed by atoms with E-state index in [0.29, 0.717) is 18.2 Å². The summed E-state index contributed by atoms with van der Waals surface area (Å²) in [5, 5.41) is 2.64. The number of amides is 1. The van der Waals surface area contributed by atoms with Crippen LogP contribution in [0, 0.1) is 5.92 Å². The van der Waals surface area contributed by atoms with Crippen LogP contribution < -0.4 is 11.1 Å². The molecule has 0 saturated heterocycles. The molecule has 0 radical (unpaired) electrons. The number of nitrogens with one attached hydrogen (secondary N) is 1. The summed E-state index contributed by atoms with van der Waals surface area (Å²) in [6, 6.07) is 0. The van der Waals surface area contributed by atoms with Crippen LogP contribution in [0.15, 0.2) is 23.5 Å². The van der Waals surface area contributed by atoms with Crippen LogP contribution in [0.5, 0.6) is 0 Å². The summed E-state index contributed by atoms with van der Waals surface area (Å²) in [5.74, 6) is 0.744. The van der Waals surface area contributed by atoms with Crippen molar-refractivity contribution in [3.63, 3.8) is 0 Å². The standard InChI is InChI=1S/C10H16N2O/c1-3-8-4-7(2)5-9(11)12-10(13)6-8/h4-5,7H,3,6,11H2,1-2H3,(H,12,13)/b8-4-,9-5-. The summed E-state index contributed by atoms with van der Waals surface area (Å²) in [4.78, 5) is 11.2. The first kappa shape index (κ1) is 9.84. The van der Waals surface area contributed by atoms with Crippen LogP contribution in [0.2, 0.25) is 0 Å². The Morgan fingerprint density at radius 1 is 1.62 bits per heavy atom. The Balaban J connectivity index is 2.85. The second-order valence-electron chi connectivity index (χ2n) is 3.38. The molecule has 3 nitrogen and oxygen atoms in total. The van der Waals surface area contributed by atoms with Crippen molar-refractivity contribution < 1.29 is 4.79 Å². The second kappa shape index (κ2) is 4.12. The third kappa shape index (κ3) is 2.93. The normalized spacial score (nSPS) is 31.8. The van der Waals surface area contributed by atoms with Crippen molar-refractivity contribution in [3.05, 3.63) is 23.5 Å². The molecular weight excluding hydrogens is 164 g/mol. The number of hydrogen-bond acceptors (Lipinski definition) is 2. The molecule has 0 aromatic rings. The van der Waals surface area contributed by atoms with Gasteiger partial charge < -0.3 is 11.1 Å². The van der Waals surface area contributed by atoms with E-state index in [1.807, 2.05) is 6.08 Å². The highest BCUT2D eigenvalue weighted by atomic mass is 16.1. The van der Waals surface area contributed by atoms with E-state index in [2.05, 4.69) is 25.2 Å². The fourth-order valence-electron chi connectivity index (χ4n) is 1.46. The Labute approximate surface area is 78.7 Å². The van der Waals surface area contributed by atoms with Gasteiger partial charge in [-0.2, -0.15) is 0 Å². The van der Waals surface area contributed by atoms with Gasteiger partial charge in [0.2, 0.25) is 5.91 Å². The molecule has 1 amide bonds. The van der Waals surface area contributed by atoms with Gasteiger partial charge in [-0.15, -0.1) is 0 Å². The Hall–Kier alpha value is -1.25. The van der Waals surface area contributed by atoms with E-state index >= 15 is 0 Å². The minimum absolute atomic E-state index is 0.0197. The van der Waals surface area contributed by atoms with Crippen molar-refractivity contribution in [2.75, 3.05) is 0 Å². The zero-order valence-corrected chi connectivity index (χ0v) is 8.13. The van der Waals surface area contributed by atoms with Gasteiger partial charge >= 0.3 is 0 Å². The predicted octanol–water partition coefficient (Wildman–Crippen LogP) is 1.28. The average molecular weight is 180 g/mol. The largest absolute Gasteiger partial charge is 0.385 e. The molecule has 1 atom stereocenters. The lowest BCUT2D eigenvalue weighted by atomic mass is 10.0. The number of allylic oxidation sites excluding steroid dienone is 2. The molecule has 1 aliphatic heterocycles. The highest BCUT2D eigenvalue weighted by Crippen LogP contribution is 2.14. The summed E-state index contributed by atoms with van der Waals surface area (Å²) < 4.78 is 0. The molecule has 1 aliphatic rings. The van der Waals surface area contributed by atoms with E-state index in [1.165, 1.54) is 5.57 Å². The number of carbonyl (C=O) groups is 1. The van der Waals surface area contributed by atoms with Gasteiger partial charge in [0.15, 0.2) is 0 Å². The second-order valence-corrected chi connectivity index (χ2v) is 3.38. The smallest absolute Gasteiger partial charge is 0.229 e. The first-order chi connectivity index (χ1) is 6.11. The summed E-state index contributed by atoms with van der Waals surface area (Å²) in [5.41, 5.74) is 6.75. The Kier molecular flexibility index (Phi) is 3.12. The molecule has 0 aromatic carbocycles. The number of rotatable bonds is 1. The van der Waals surface area contributed by atoms with E-state index in [0.717, 1.165) is 6.42 Å². The molecule has 1 rings (SSSR count). The van der Waals surface area contributed by atoms with Gasteiger partial charge in [0.25, 0.3) is 0 Å². The van der Waals surface area contributed by atoms with E-state index in [-0.39, 0.29) is 5.91 Å². The monoisotopic (exact) mass is 180 g/mol. The van der Waals surface area contributed by atoms with Crippen LogP contribution in [-0.2, 0) is 4.79 Å². The third-order valence-electron chi connectivity index (χ3n) is 2.07. The number of carbonyl (C=O) groups excluding carboxylic acids is 1. The molecule has 0 aliphatic carbocycles. The summed E-state index contributed by atoms with van der Waals surface area (Å²) in [7, 11) is 0. The third-order valence-corrected chi connectivity index (χ3v) is 2.07. The van der Waals surface area contributed by atoms with E-state index in [4.69, 9.17) is 5.73 Å². The Morgan fingerprint density at radius 2 is 2.31 bits per heavy atom.